The van der Waals surface area contributed by atoms with E-state index in [9.17, 15) is 4.79 Å². The third-order valence-corrected chi connectivity index (χ3v) is 5.65. The molecule has 0 aromatic heterocycles. The van der Waals surface area contributed by atoms with E-state index < -0.39 is 0 Å². The first-order valence-corrected chi connectivity index (χ1v) is 9.99. The number of carbonyl (C=O) groups is 1. The van der Waals surface area contributed by atoms with Crippen LogP contribution >= 0.6 is 0 Å². The van der Waals surface area contributed by atoms with Gasteiger partial charge in [0.05, 0.1) is 0 Å². The summed E-state index contributed by atoms with van der Waals surface area (Å²) >= 11 is 0. The maximum Gasteiger partial charge on any atom is 0.145 e. The normalized spacial score (nSPS) is 21.7. The Labute approximate surface area is 148 Å². The molecular formula is C23H34O. The zero-order valence-electron chi connectivity index (χ0n) is 15.6. The largest absolute Gasteiger partial charge is 0.298 e. The van der Waals surface area contributed by atoms with Gasteiger partial charge in [-0.05, 0) is 79.9 Å². The third-order valence-electron chi connectivity index (χ3n) is 5.65. The molecule has 1 nitrogen and oxygen atoms in total. The van der Waals surface area contributed by atoms with Gasteiger partial charge in [0.2, 0.25) is 0 Å². The Balaban J connectivity index is 1.64. The molecule has 0 atom stereocenters. The third kappa shape index (κ3) is 5.92. The van der Waals surface area contributed by atoms with Crippen LogP contribution in [0.15, 0.2) is 35.9 Å². The number of carbonyl (C=O) groups excluding carboxylic acids is 1. The number of hydrogen-bond acceptors (Lipinski definition) is 1. The van der Waals surface area contributed by atoms with Crippen LogP contribution < -0.4 is 0 Å². The predicted molar refractivity (Wildman–Crippen MR) is 103 cm³/mol. The average Bonchev–Trinajstić information content (AvgIpc) is 2.64. The Hall–Kier alpha value is -1.37. The minimum atomic E-state index is 0.538. The van der Waals surface area contributed by atoms with Crippen LogP contribution in [0, 0.1) is 11.8 Å². The van der Waals surface area contributed by atoms with E-state index >= 15 is 0 Å². The molecule has 0 radical (unpaired) electrons. The summed E-state index contributed by atoms with van der Waals surface area (Å²) in [4.78, 5) is 11.2. The lowest BCUT2D eigenvalue weighted by Gasteiger charge is -2.28. The maximum atomic E-state index is 11.2. The molecule has 1 aliphatic rings. The van der Waals surface area contributed by atoms with Crippen molar-refractivity contribution in [1.29, 1.82) is 0 Å². The molecule has 24 heavy (non-hydrogen) atoms. The predicted octanol–water partition coefficient (Wildman–Crippen LogP) is 6.30. The quantitative estimate of drug-likeness (QED) is 0.295. The van der Waals surface area contributed by atoms with Crippen LogP contribution in [-0.2, 0) is 17.6 Å². The zero-order chi connectivity index (χ0) is 17.2. The number of aldehydes is 1. The zero-order valence-corrected chi connectivity index (χ0v) is 15.6. The summed E-state index contributed by atoms with van der Waals surface area (Å²) in [7, 11) is 0. The first kappa shape index (κ1) is 19.0. The fourth-order valence-corrected chi connectivity index (χ4v) is 4.03. The monoisotopic (exact) mass is 326 g/mol. The van der Waals surface area contributed by atoms with Crippen molar-refractivity contribution in [2.45, 2.75) is 78.1 Å². The molecule has 1 aliphatic carbocycles. The first-order chi connectivity index (χ1) is 11.8. The lowest BCUT2D eigenvalue weighted by atomic mass is 9.77. The molecule has 0 saturated heterocycles. The van der Waals surface area contributed by atoms with Crippen molar-refractivity contribution in [3.63, 3.8) is 0 Å². The van der Waals surface area contributed by atoms with Crippen LogP contribution in [0.25, 0.3) is 0 Å². The van der Waals surface area contributed by atoms with Crippen LogP contribution in [0.3, 0.4) is 0 Å². The highest BCUT2D eigenvalue weighted by atomic mass is 16.1. The lowest BCUT2D eigenvalue weighted by molar-refractivity contribution is -0.105. The topological polar surface area (TPSA) is 17.1 Å². The van der Waals surface area contributed by atoms with E-state index in [-0.39, 0.29) is 0 Å². The number of rotatable bonds is 9. The highest BCUT2D eigenvalue weighted by Crippen LogP contribution is 2.35. The van der Waals surface area contributed by atoms with Gasteiger partial charge < -0.3 is 0 Å². The van der Waals surface area contributed by atoms with Crippen molar-refractivity contribution in [1.82, 2.24) is 0 Å². The Morgan fingerprint density at radius 2 is 1.67 bits per heavy atom. The fraction of sp³-hybridized carbons (Fsp3) is 0.609. The van der Waals surface area contributed by atoms with Crippen molar-refractivity contribution < 1.29 is 4.79 Å². The van der Waals surface area contributed by atoms with E-state index in [1.54, 1.807) is 0 Å². The molecule has 1 heteroatoms. The second-order valence-corrected chi connectivity index (χ2v) is 7.36. The van der Waals surface area contributed by atoms with E-state index in [4.69, 9.17) is 0 Å². The summed E-state index contributed by atoms with van der Waals surface area (Å²) in [5.74, 6) is 1.43. The van der Waals surface area contributed by atoms with Gasteiger partial charge in [0, 0.05) is 0 Å². The van der Waals surface area contributed by atoms with E-state index in [0.29, 0.717) is 5.92 Å². The van der Waals surface area contributed by atoms with Gasteiger partial charge >= 0.3 is 0 Å². The SMILES string of the molecule is CCC=C(C=O)C1CCC(CCCCc2ccc(CC)cc2)CC1. The van der Waals surface area contributed by atoms with Gasteiger partial charge in [-0.25, -0.2) is 0 Å². The Morgan fingerprint density at radius 3 is 2.25 bits per heavy atom. The van der Waals surface area contributed by atoms with Gasteiger partial charge in [0.25, 0.3) is 0 Å². The van der Waals surface area contributed by atoms with Crippen LogP contribution in [-0.4, -0.2) is 6.29 Å². The molecule has 1 saturated carbocycles. The van der Waals surface area contributed by atoms with Gasteiger partial charge in [-0.1, -0.05) is 57.0 Å². The van der Waals surface area contributed by atoms with E-state index in [0.717, 1.165) is 30.6 Å². The fourth-order valence-electron chi connectivity index (χ4n) is 4.03. The molecule has 1 aromatic carbocycles. The summed E-state index contributed by atoms with van der Waals surface area (Å²) in [6, 6.07) is 9.13. The second-order valence-electron chi connectivity index (χ2n) is 7.36. The van der Waals surface area contributed by atoms with Crippen LogP contribution in [0.2, 0.25) is 0 Å². The number of benzene rings is 1. The lowest BCUT2D eigenvalue weighted by Crippen LogP contribution is -2.17. The molecule has 0 amide bonds. The number of allylic oxidation sites excluding steroid dienone is 2. The van der Waals surface area contributed by atoms with Crippen molar-refractivity contribution in [3.05, 3.63) is 47.0 Å². The van der Waals surface area contributed by atoms with Crippen molar-refractivity contribution in [2.24, 2.45) is 11.8 Å². The molecule has 132 valence electrons. The molecule has 0 bridgehead atoms. The highest BCUT2D eigenvalue weighted by Gasteiger charge is 2.23. The van der Waals surface area contributed by atoms with Crippen molar-refractivity contribution in [3.8, 4) is 0 Å². The summed E-state index contributed by atoms with van der Waals surface area (Å²) in [5.41, 5.74) is 3.98. The van der Waals surface area contributed by atoms with Gasteiger partial charge in [0.1, 0.15) is 6.29 Å². The van der Waals surface area contributed by atoms with Gasteiger partial charge in [-0.15, -0.1) is 0 Å². The molecule has 1 fully saturated rings. The van der Waals surface area contributed by atoms with Crippen molar-refractivity contribution >= 4 is 6.29 Å². The smallest absolute Gasteiger partial charge is 0.145 e. The molecule has 0 aliphatic heterocycles. The van der Waals surface area contributed by atoms with Crippen LogP contribution in [0.1, 0.15) is 76.3 Å². The highest BCUT2D eigenvalue weighted by molar-refractivity contribution is 5.73. The van der Waals surface area contributed by atoms with Crippen molar-refractivity contribution in [2.75, 3.05) is 0 Å². The number of unbranched alkanes of at least 4 members (excludes halogenated alkanes) is 1. The Bertz CT molecular complexity index is 503. The summed E-state index contributed by atoms with van der Waals surface area (Å²) < 4.78 is 0. The minimum Gasteiger partial charge on any atom is -0.298 e. The summed E-state index contributed by atoms with van der Waals surface area (Å²) in [5, 5.41) is 0. The molecule has 2 rings (SSSR count). The summed E-state index contributed by atoms with van der Waals surface area (Å²) in [6.07, 6.45) is 15.6. The van der Waals surface area contributed by atoms with Crippen LogP contribution in [0.4, 0.5) is 0 Å². The molecule has 0 spiro atoms. The molecule has 0 unspecified atom stereocenters. The minimum absolute atomic E-state index is 0.538. The van der Waals surface area contributed by atoms with Gasteiger partial charge in [0.15, 0.2) is 0 Å². The van der Waals surface area contributed by atoms with Gasteiger partial charge in [-0.2, -0.15) is 0 Å². The standard InChI is InChI=1S/C23H34O/c1-3-7-23(18-24)22-16-14-21(15-17-22)9-6-5-8-20-12-10-19(4-2)11-13-20/h7,10-13,18,21-22H,3-6,8-9,14-17H2,1-2H3. The van der Waals surface area contributed by atoms with E-state index in [2.05, 4.69) is 44.2 Å². The van der Waals surface area contributed by atoms with E-state index in [1.165, 1.54) is 62.5 Å². The Kier molecular flexibility index (Phi) is 8.28. The Morgan fingerprint density at radius 1 is 1.00 bits per heavy atom. The number of aryl methyl sites for hydroxylation is 2. The number of hydrogen-bond donors (Lipinski definition) is 0. The molecular weight excluding hydrogens is 292 g/mol. The maximum absolute atomic E-state index is 11.2. The molecule has 0 heterocycles. The average molecular weight is 327 g/mol. The second kappa shape index (κ2) is 10.5. The van der Waals surface area contributed by atoms with Gasteiger partial charge in [-0.3, -0.25) is 4.79 Å². The van der Waals surface area contributed by atoms with E-state index in [1.807, 2.05) is 0 Å². The van der Waals surface area contributed by atoms with Crippen LogP contribution in [0.5, 0.6) is 0 Å². The first-order valence-electron chi connectivity index (χ1n) is 9.99. The molecule has 0 N–H and O–H groups in total. The summed E-state index contributed by atoms with van der Waals surface area (Å²) in [6.45, 7) is 4.32. The molecule has 1 aromatic rings.